The molecule has 53 heavy (non-hydrogen) atoms. The molecule has 6 nitrogen and oxygen atoms in total. The van der Waals surface area contributed by atoms with E-state index in [1.807, 2.05) is 32.0 Å². The smallest absolute Gasteiger partial charge is 0.309 e. The fourth-order valence-electron chi connectivity index (χ4n) is 7.19. The lowest BCUT2D eigenvalue weighted by molar-refractivity contribution is -0.0893. The Morgan fingerprint density at radius 3 is 2.26 bits per heavy atom. The van der Waals surface area contributed by atoms with Gasteiger partial charge in [-0.25, -0.2) is 15.0 Å². The van der Waals surface area contributed by atoms with Crippen LogP contribution < -0.4 is 5.46 Å². The summed E-state index contributed by atoms with van der Waals surface area (Å²) < 4.78 is 10.9. The van der Waals surface area contributed by atoms with E-state index in [1.165, 1.54) is 32.2 Å². The number of benzene rings is 5. The first-order chi connectivity index (χ1) is 25.6. The maximum atomic E-state index is 10.6. The molecule has 0 saturated carbocycles. The van der Waals surface area contributed by atoms with E-state index in [-0.39, 0.29) is 5.92 Å². The Kier molecular flexibility index (Phi) is 8.15. The lowest BCUT2D eigenvalue weighted by Crippen LogP contribution is -2.49. The summed E-state index contributed by atoms with van der Waals surface area (Å²) in [7, 11) is 0.404. The second-order valence-corrected chi connectivity index (χ2v) is 16.0. The number of hydrogen-bond acceptors (Lipinski definition) is 6. The topological polar surface area (TPSA) is 73.1 Å². The molecule has 9 rings (SSSR count). The Morgan fingerprint density at radius 1 is 0.755 bits per heavy atom. The van der Waals surface area contributed by atoms with Crippen LogP contribution in [0.4, 0.5) is 0 Å². The van der Waals surface area contributed by atoms with E-state index in [4.69, 9.17) is 19.6 Å². The van der Waals surface area contributed by atoms with Gasteiger partial charge in [-0.2, -0.15) is 0 Å². The van der Waals surface area contributed by atoms with Crippen LogP contribution in [0.5, 0.6) is 0 Å². The van der Waals surface area contributed by atoms with Crippen molar-refractivity contribution in [3.8, 4) is 28.5 Å². The van der Waals surface area contributed by atoms with E-state index in [9.17, 15) is 5.11 Å². The summed E-state index contributed by atoms with van der Waals surface area (Å²) in [5, 5.41) is 14.2. The van der Waals surface area contributed by atoms with Crippen LogP contribution in [0.1, 0.15) is 50.7 Å². The van der Waals surface area contributed by atoms with Gasteiger partial charge in [-0.05, 0) is 63.4 Å². The zero-order valence-electron chi connectivity index (χ0n) is 30.2. The summed E-state index contributed by atoms with van der Waals surface area (Å²) >= 11 is 1.76. The van der Waals surface area contributed by atoms with Gasteiger partial charge in [0.1, 0.15) is 5.82 Å². The molecule has 0 spiro atoms. The predicted octanol–water partition coefficient (Wildman–Crippen LogP) is 9.41. The Bertz CT molecular complexity index is 2680. The Balaban J connectivity index is 1.15. The van der Waals surface area contributed by atoms with Crippen LogP contribution in [0.15, 0.2) is 127 Å². The second kappa shape index (κ2) is 12.9. The molecule has 1 atom stereocenters. The number of nitrogens with zero attached hydrogens (tertiary/aromatic N) is 4. The minimum atomic E-state index is -0.973. The van der Waals surface area contributed by atoms with Crippen molar-refractivity contribution in [3.63, 3.8) is 0 Å². The highest BCUT2D eigenvalue weighted by Gasteiger charge is 2.35. The Hall–Kier alpha value is -5.41. The minimum absolute atomic E-state index is 0.0456. The fraction of sp³-hybridized carbons (Fsp3) is 0.178. The standard InChI is InChI=1S/C45H39BN4O2S/c1-44(2,51)45(3,4)52-46-30-23-25-39-36(27-30)34-19-13-20-35(40(34)53-39)43-48-41(28-14-7-5-8-15-28)47-42(49-43)29-22-24-33-32-18-11-12-21-37(32)50(38(33)26-29)31-16-9-6-10-17-31/h5-25,27,29,46,51H,26H2,1-4H3. The molecule has 3 aromatic heterocycles. The van der Waals surface area contributed by atoms with Crippen molar-refractivity contribution < 1.29 is 9.76 Å². The maximum absolute atomic E-state index is 10.6. The van der Waals surface area contributed by atoms with Gasteiger partial charge in [0.15, 0.2) is 11.6 Å². The van der Waals surface area contributed by atoms with Gasteiger partial charge in [0.05, 0.1) is 16.7 Å². The average Bonchev–Trinajstić information content (AvgIpc) is 3.72. The van der Waals surface area contributed by atoms with Crippen molar-refractivity contribution in [1.29, 1.82) is 0 Å². The Morgan fingerprint density at radius 2 is 1.47 bits per heavy atom. The first-order valence-electron chi connectivity index (χ1n) is 18.1. The second-order valence-electron chi connectivity index (χ2n) is 14.9. The molecular weight excluding hydrogens is 671 g/mol. The number of hydrogen-bond donors (Lipinski definition) is 1. The highest BCUT2D eigenvalue weighted by atomic mass is 32.1. The van der Waals surface area contributed by atoms with Crippen molar-refractivity contribution in [1.82, 2.24) is 19.5 Å². The molecule has 1 unspecified atom stereocenters. The van der Waals surface area contributed by atoms with E-state index in [2.05, 4.69) is 120 Å². The Labute approximate surface area is 313 Å². The first kappa shape index (κ1) is 33.4. The third-order valence-corrected chi connectivity index (χ3v) is 12.1. The third-order valence-electron chi connectivity index (χ3n) is 10.8. The van der Waals surface area contributed by atoms with Crippen molar-refractivity contribution in [2.75, 3.05) is 0 Å². The summed E-state index contributed by atoms with van der Waals surface area (Å²) in [6.45, 7) is 7.42. The summed E-state index contributed by atoms with van der Waals surface area (Å²) in [5.41, 5.74) is 6.18. The molecule has 1 N–H and O–H groups in total. The molecule has 1 aliphatic carbocycles. The molecule has 0 aliphatic heterocycles. The quantitative estimate of drug-likeness (QED) is 0.159. The zero-order valence-corrected chi connectivity index (χ0v) is 31.1. The van der Waals surface area contributed by atoms with Gasteiger partial charge in [-0.15, -0.1) is 11.3 Å². The lowest BCUT2D eigenvalue weighted by atomic mass is 9.82. The third kappa shape index (κ3) is 5.97. The van der Waals surface area contributed by atoms with E-state index >= 15 is 0 Å². The molecule has 0 bridgehead atoms. The number of allylic oxidation sites excluding steroid dienone is 1. The van der Waals surface area contributed by atoms with E-state index in [0.717, 1.165) is 44.6 Å². The first-order valence-corrected chi connectivity index (χ1v) is 18.9. The lowest BCUT2D eigenvalue weighted by Gasteiger charge is -2.37. The molecule has 1 aliphatic rings. The van der Waals surface area contributed by atoms with Crippen molar-refractivity contribution >= 4 is 61.4 Å². The van der Waals surface area contributed by atoms with Gasteiger partial charge in [-0.1, -0.05) is 109 Å². The van der Waals surface area contributed by atoms with Crippen molar-refractivity contribution in [2.45, 2.75) is 51.2 Å². The maximum Gasteiger partial charge on any atom is 0.309 e. The highest BCUT2D eigenvalue weighted by Crippen LogP contribution is 2.41. The van der Waals surface area contributed by atoms with E-state index in [0.29, 0.717) is 19.1 Å². The van der Waals surface area contributed by atoms with Crippen LogP contribution in [0, 0.1) is 0 Å². The van der Waals surface area contributed by atoms with Crippen LogP contribution in [0.25, 0.3) is 65.6 Å². The molecule has 0 radical (unpaired) electrons. The zero-order chi connectivity index (χ0) is 36.3. The fourth-order valence-corrected chi connectivity index (χ4v) is 8.38. The summed E-state index contributed by atoms with van der Waals surface area (Å²) in [6.07, 6.45) is 5.28. The molecule has 5 aromatic carbocycles. The molecule has 8 aromatic rings. The largest absolute Gasteiger partial charge is 0.427 e. The van der Waals surface area contributed by atoms with Gasteiger partial charge in [0, 0.05) is 60.6 Å². The molecular formula is C45H39BN4O2S. The van der Waals surface area contributed by atoms with Gasteiger partial charge in [0.25, 0.3) is 0 Å². The summed E-state index contributed by atoms with van der Waals surface area (Å²) in [4.78, 5) is 15.6. The molecule has 8 heteroatoms. The summed E-state index contributed by atoms with van der Waals surface area (Å²) in [6, 6.07) is 42.3. The molecule has 0 fully saturated rings. The molecule has 0 saturated heterocycles. The molecule has 0 amide bonds. The number of rotatable bonds is 8. The van der Waals surface area contributed by atoms with Crippen LogP contribution in [-0.4, -0.2) is 43.3 Å². The number of aliphatic hydroxyl groups is 1. The molecule has 3 heterocycles. The number of thiophene rings is 1. The van der Waals surface area contributed by atoms with Gasteiger partial charge < -0.3 is 14.3 Å². The minimum Gasteiger partial charge on any atom is -0.427 e. The number of para-hydroxylation sites is 2. The average molecular weight is 711 g/mol. The van der Waals surface area contributed by atoms with Crippen molar-refractivity contribution in [2.24, 2.45) is 0 Å². The van der Waals surface area contributed by atoms with Gasteiger partial charge in [-0.3, -0.25) is 0 Å². The van der Waals surface area contributed by atoms with Gasteiger partial charge >= 0.3 is 7.48 Å². The van der Waals surface area contributed by atoms with E-state index in [1.54, 1.807) is 25.2 Å². The number of aromatic nitrogens is 4. The predicted molar refractivity (Wildman–Crippen MR) is 221 cm³/mol. The highest BCUT2D eigenvalue weighted by molar-refractivity contribution is 7.26. The summed E-state index contributed by atoms with van der Waals surface area (Å²) in [5.74, 6) is 2.05. The molecule has 260 valence electrons. The van der Waals surface area contributed by atoms with Gasteiger partial charge in [0.2, 0.25) is 0 Å². The van der Waals surface area contributed by atoms with E-state index < -0.39 is 11.2 Å². The van der Waals surface area contributed by atoms with Crippen LogP contribution in [0.2, 0.25) is 0 Å². The van der Waals surface area contributed by atoms with Crippen molar-refractivity contribution in [3.05, 3.63) is 144 Å². The monoisotopic (exact) mass is 710 g/mol. The van der Waals surface area contributed by atoms with Crippen LogP contribution >= 0.6 is 11.3 Å². The van der Waals surface area contributed by atoms with Crippen LogP contribution in [-0.2, 0) is 11.1 Å². The SMILES string of the molecule is CC(C)(O)C(C)(C)OBc1ccc2sc3c(-c4nc(-c5ccccc5)nc(C5C=Cc6c(n(-c7ccccc7)c7ccccc67)C5)n4)cccc3c2c1. The van der Waals surface area contributed by atoms with Crippen LogP contribution in [0.3, 0.4) is 0 Å². The number of fused-ring (bicyclic) bond motifs is 6. The normalized spacial score (nSPS) is 14.6.